The lowest BCUT2D eigenvalue weighted by Crippen LogP contribution is -2.24. The second kappa shape index (κ2) is 7.52. The first-order valence-electron chi connectivity index (χ1n) is 7.78. The molecule has 0 radical (unpaired) electrons. The molecular formula is C17H17N3O4S. The summed E-state index contributed by atoms with van der Waals surface area (Å²) >= 11 is 1.28. The summed E-state index contributed by atoms with van der Waals surface area (Å²) in [6.45, 7) is 4.10. The summed E-state index contributed by atoms with van der Waals surface area (Å²) in [7, 11) is 0. The zero-order chi connectivity index (χ0) is 17.8. The van der Waals surface area contributed by atoms with Crippen molar-refractivity contribution in [1.82, 2.24) is 15.0 Å². The van der Waals surface area contributed by atoms with Gasteiger partial charge in [-0.05, 0) is 19.4 Å². The van der Waals surface area contributed by atoms with Crippen LogP contribution in [0.3, 0.4) is 0 Å². The Hall–Kier alpha value is -2.61. The number of nitrogens with zero attached hydrogens (tertiary/aromatic N) is 3. The molecule has 8 heteroatoms. The smallest absolute Gasteiger partial charge is 0.333 e. The highest BCUT2D eigenvalue weighted by molar-refractivity contribution is 8.04. The van der Waals surface area contributed by atoms with Crippen LogP contribution in [0.2, 0.25) is 0 Å². The topological polar surface area (TPSA) is 85.5 Å². The minimum Gasteiger partial charge on any atom is -0.463 e. The van der Waals surface area contributed by atoms with E-state index in [4.69, 9.17) is 9.26 Å². The standard InChI is InChI=1S/C17H17N3O4S/c1-3-23-16(22)8-15-20(14(21)10-25-15)9-13-18-17(19-24-13)12-7-5-4-6-11(12)2/h4-8H,3,9-10H2,1-2H3. The van der Waals surface area contributed by atoms with Gasteiger partial charge in [-0.3, -0.25) is 9.69 Å². The molecule has 0 spiro atoms. The molecule has 0 N–H and O–H groups in total. The fraction of sp³-hybridized carbons (Fsp3) is 0.294. The molecule has 1 aromatic carbocycles. The summed E-state index contributed by atoms with van der Waals surface area (Å²) in [5.74, 6) is 0.462. The van der Waals surface area contributed by atoms with Gasteiger partial charge in [0.2, 0.25) is 17.6 Å². The number of hydrogen-bond acceptors (Lipinski definition) is 7. The molecule has 1 fully saturated rings. The lowest BCUT2D eigenvalue weighted by molar-refractivity contribution is -0.137. The predicted molar refractivity (Wildman–Crippen MR) is 92.2 cm³/mol. The molecule has 7 nitrogen and oxygen atoms in total. The fourth-order valence-corrected chi connectivity index (χ4v) is 3.30. The molecule has 2 aromatic rings. The Labute approximate surface area is 149 Å². The normalized spacial score (nSPS) is 15.8. The molecule has 2 heterocycles. The van der Waals surface area contributed by atoms with Crippen LogP contribution in [0.5, 0.6) is 0 Å². The van der Waals surface area contributed by atoms with E-state index in [9.17, 15) is 9.59 Å². The van der Waals surface area contributed by atoms with E-state index in [1.54, 1.807) is 6.92 Å². The van der Waals surface area contributed by atoms with Gasteiger partial charge in [0.05, 0.1) is 23.5 Å². The minimum absolute atomic E-state index is 0.115. The van der Waals surface area contributed by atoms with Gasteiger partial charge in [0.15, 0.2) is 0 Å². The van der Waals surface area contributed by atoms with Crippen LogP contribution in [0.1, 0.15) is 18.4 Å². The van der Waals surface area contributed by atoms with E-state index in [0.29, 0.717) is 16.7 Å². The average molecular weight is 359 g/mol. The molecule has 1 saturated heterocycles. The van der Waals surface area contributed by atoms with E-state index in [-0.39, 0.29) is 24.8 Å². The Balaban J connectivity index is 1.78. The van der Waals surface area contributed by atoms with E-state index in [1.165, 1.54) is 22.7 Å². The molecule has 1 amide bonds. The second-order valence-electron chi connectivity index (χ2n) is 5.33. The van der Waals surface area contributed by atoms with Crippen molar-refractivity contribution in [2.45, 2.75) is 20.4 Å². The Kier molecular flexibility index (Phi) is 5.18. The van der Waals surface area contributed by atoms with Crippen molar-refractivity contribution in [1.29, 1.82) is 0 Å². The van der Waals surface area contributed by atoms with Crippen LogP contribution in [0.25, 0.3) is 11.4 Å². The quantitative estimate of drug-likeness (QED) is 0.599. The summed E-state index contributed by atoms with van der Waals surface area (Å²) in [5, 5.41) is 4.51. The van der Waals surface area contributed by atoms with Crippen LogP contribution >= 0.6 is 11.8 Å². The van der Waals surface area contributed by atoms with Crippen molar-refractivity contribution in [3.05, 3.63) is 46.8 Å². The molecule has 1 aliphatic heterocycles. The predicted octanol–water partition coefficient (Wildman–Crippen LogP) is 2.52. The van der Waals surface area contributed by atoms with Crippen molar-refractivity contribution < 1.29 is 18.8 Å². The van der Waals surface area contributed by atoms with Gasteiger partial charge in [0.25, 0.3) is 0 Å². The molecule has 0 bridgehead atoms. The Bertz CT molecular complexity index is 831. The number of ether oxygens (including phenoxy) is 1. The van der Waals surface area contributed by atoms with E-state index < -0.39 is 5.97 Å². The molecule has 0 atom stereocenters. The number of aryl methyl sites for hydroxylation is 1. The average Bonchev–Trinajstić information content (AvgIpc) is 3.18. The number of rotatable bonds is 5. The van der Waals surface area contributed by atoms with Crippen molar-refractivity contribution in [2.24, 2.45) is 0 Å². The van der Waals surface area contributed by atoms with Gasteiger partial charge < -0.3 is 9.26 Å². The number of carbonyl (C=O) groups is 2. The maximum atomic E-state index is 12.1. The van der Waals surface area contributed by atoms with Gasteiger partial charge in [-0.2, -0.15) is 4.98 Å². The summed E-state index contributed by atoms with van der Waals surface area (Å²) in [6, 6.07) is 7.71. The van der Waals surface area contributed by atoms with Crippen molar-refractivity contribution in [2.75, 3.05) is 12.4 Å². The van der Waals surface area contributed by atoms with Crippen LogP contribution in [-0.4, -0.2) is 39.3 Å². The molecule has 1 aliphatic rings. The van der Waals surface area contributed by atoms with E-state index >= 15 is 0 Å². The first kappa shape index (κ1) is 17.2. The first-order valence-corrected chi connectivity index (χ1v) is 8.77. The summed E-state index contributed by atoms with van der Waals surface area (Å²) in [4.78, 5) is 29.5. The van der Waals surface area contributed by atoms with Crippen LogP contribution < -0.4 is 0 Å². The maximum absolute atomic E-state index is 12.1. The first-order chi connectivity index (χ1) is 12.1. The highest BCUT2D eigenvalue weighted by Crippen LogP contribution is 2.30. The number of amides is 1. The van der Waals surface area contributed by atoms with Gasteiger partial charge in [0.1, 0.15) is 6.54 Å². The number of aromatic nitrogens is 2. The van der Waals surface area contributed by atoms with E-state index in [2.05, 4.69) is 10.1 Å². The largest absolute Gasteiger partial charge is 0.463 e. The van der Waals surface area contributed by atoms with Crippen LogP contribution in [0, 0.1) is 6.92 Å². The zero-order valence-corrected chi connectivity index (χ0v) is 14.7. The Morgan fingerprint density at radius 3 is 3.00 bits per heavy atom. The molecule has 25 heavy (non-hydrogen) atoms. The van der Waals surface area contributed by atoms with E-state index in [0.717, 1.165) is 11.1 Å². The van der Waals surface area contributed by atoms with Crippen LogP contribution in [0.4, 0.5) is 0 Å². The van der Waals surface area contributed by atoms with Crippen molar-refractivity contribution in [3.63, 3.8) is 0 Å². The monoisotopic (exact) mass is 359 g/mol. The zero-order valence-electron chi connectivity index (χ0n) is 13.9. The molecule has 0 unspecified atom stereocenters. The third-order valence-electron chi connectivity index (χ3n) is 3.59. The third-order valence-corrected chi connectivity index (χ3v) is 4.61. The number of thioether (sulfide) groups is 1. The number of esters is 1. The fourth-order valence-electron chi connectivity index (χ4n) is 2.37. The lowest BCUT2D eigenvalue weighted by atomic mass is 10.1. The minimum atomic E-state index is -0.476. The Morgan fingerprint density at radius 1 is 1.44 bits per heavy atom. The summed E-state index contributed by atoms with van der Waals surface area (Å²) < 4.78 is 10.2. The second-order valence-corrected chi connectivity index (χ2v) is 6.33. The number of hydrogen-bond donors (Lipinski definition) is 0. The van der Waals surface area contributed by atoms with Crippen LogP contribution in [-0.2, 0) is 20.9 Å². The Morgan fingerprint density at radius 2 is 2.24 bits per heavy atom. The van der Waals surface area contributed by atoms with Gasteiger partial charge in [-0.1, -0.05) is 41.2 Å². The highest BCUT2D eigenvalue weighted by atomic mass is 32.2. The van der Waals surface area contributed by atoms with Crippen LogP contribution in [0.15, 0.2) is 39.9 Å². The van der Waals surface area contributed by atoms with Crippen molar-refractivity contribution >= 4 is 23.6 Å². The molecule has 1 aromatic heterocycles. The molecule has 0 saturated carbocycles. The van der Waals surface area contributed by atoms with Crippen molar-refractivity contribution in [3.8, 4) is 11.4 Å². The van der Waals surface area contributed by atoms with Gasteiger partial charge in [-0.15, -0.1) is 0 Å². The summed E-state index contributed by atoms with van der Waals surface area (Å²) in [6.07, 6.45) is 1.32. The number of benzene rings is 1. The maximum Gasteiger partial charge on any atom is 0.333 e. The molecule has 130 valence electrons. The molecular weight excluding hydrogens is 342 g/mol. The number of carbonyl (C=O) groups excluding carboxylic acids is 2. The third kappa shape index (κ3) is 3.90. The highest BCUT2D eigenvalue weighted by Gasteiger charge is 2.29. The van der Waals surface area contributed by atoms with Gasteiger partial charge in [-0.25, -0.2) is 4.79 Å². The van der Waals surface area contributed by atoms with Gasteiger partial charge in [0, 0.05) is 5.56 Å². The van der Waals surface area contributed by atoms with E-state index in [1.807, 2.05) is 31.2 Å². The lowest BCUT2D eigenvalue weighted by Gasteiger charge is -2.13. The SMILES string of the molecule is CCOC(=O)C=C1SCC(=O)N1Cc1nc(-c2ccccc2C)no1. The summed E-state index contributed by atoms with van der Waals surface area (Å²) in [5.41, 5.74) is 1.91. The van der Waals surface area contributed by atoms with Gasteiger partial charge >= 0.3 is 5.97 Å². The molecule has 0 aliphatic carbocycles. The molecule has 3 rings (SSSR count).